The molecule has 1 rings (SSSR count). The second-order valence-corrected chi connectivity index (χ2v) is 3.48. The number of hydrogen-bond acceptors (Lipinski definition) is 4. The quantitative estimate of drug-likeness (QED) is 0.833. The average Bonchev–Trinajstić information content (AvgIpc) is 2.38. The van der Waals surface area contributed by atoms with Crippen LogP contribution in [0.25, 0.3) is 0 Å². The lowest BCUT2D eigenvalue weighted by molar-refractivity contribution is -0.189. The topological polar surface area (TPSA) is 70.3 Å². The van der Waals surface area contributed by atoms with Gasteiger partial charge in [0.25, 0.3) is 0 Å². The molecule has 0 heterocycles. The third kappa shape index (κ3) is 2.81. The highest BCUT2D eigenvalue weighted by Gasteiger charge is 2.48. The second-order valence-electron chi connectivity index (χ2n) is 3.48. The Bertz CT molecular complexity index is 465. The van der Waals surface area contributed by atoms with Gasteiger partial charge in [-0.15, -0.1) is 0 Å². The van der Waals surface area contributed by atoms with Crippen LogP contribution < -0.4 is 0 Å². The number of nitrogens with zero attached hydrogens (tertiary/aromatic N) is 1. The van der Waals surface area contributed by atoms with Crippen LogP contribution in [0.5, 0.6) is 0 Å². The summed E-state index contributed by atoms with van der Waals surface area (Å²) in [5, 5.41) is 18.0. The molecule has 0 saturated heterocycles. The van der Waals surface area contributed by atoms with Crippen LogP contribution in [0.15, 0.2) is 24.3 Å². The van der Waals surface area contributed by atoms with Crippen molar-refractivity contribution in [2.24, 2.45) is 0 Å². The fourth-order valence-electron chi connectivity index (χ4n) is 1.29. The number of alkyl halides is 2. The highest BCUT2D eigenvalue weighted by molar-refractivity contribution is 5.78. The molecule has 0 radical (unpaired) electrons. The summed E-state index contributed by atoms with van der Waals surface area (Å²) in [6.45, 7) is 1.19. The van der Waals surface area contributed by atoms with Crippen LogP contribution in [0.2, 0.25) is 0 Å². The fourth-order valence-corrected chi connectivity index (χ4v) is 1.29. The van der Waals surface area contributed by atoms with E-state index in [4.69, 9.17) is 5.26 Å². The van der Waals surface area contributed by atoms with Gasteiger partial charge in [-0.25, -0.2) is 4.79 Å². The molecule has 0 aliphatic heterocycles. The molecule has 0 aromatic heterocycles. The molecular formula is C12H11F2NO3. The molecule has 1 aromatic carbocycles. The summed E-state index contributed by atoms with van der Waals surface area (Å²) in [4.78, 5) is 11.0. The third-order valence-electron chi connectivity index (χ3n) is 2.25. The van der Waals surface area contributed by atoms with E-state index in [1.807, 2.05) is 6.07 Å². The number of aliphatic hydroxyl groups excluding tert-OH is 1. The van der Waals surface area contributed by atoms with E-state index in [0.717, 1.165) is 12.1 Å². The maximum Gasteiger partial charge on any atom is 0.380 e. The normalized spacial score (nSPS) is 12.6. The monoisotopic (exact) mass is 255 g/mol. The van der Waals surface area contributed by atoms with E-state index in [1.54, 1.807) is 0 Å². The number of halogens is 2. The SMILES string of the molecule is CCOC(=O)C(F)(F)[C@@H](O)c1ccc(C#N)cc1. The number of aliphatic hydroxyl groups is 1. The molecular weight excluding hydrogens is 244 g/mol. The highest BCUT2D eigenvalue weighted by Crippen LogP contribution is 2.32. The molecule has 6 heteroatoms. The van der Waals surface area contributed by atoms with Crippen LogP contribution in [0.4, 0.5) is 8.78 Å². The van der Waals surface area contributed by atoms with Crippen molar-refractivity contribution < 1.29 is 23.4 Å². The van der Waals surface area contributed by atoms with E-state index in [2.05, 4.69) is 4.74 Å². The third-order valence-corrected chi connectivity index (χ3v) is 2.25. The average molecular weight is 255 g/mol. The van der Waals surface area contributed by atoms with Crippen LogP contribution >= 0.6 is 0 Å². The molecule has 1 atom stereocenters. The maximum absolute atomic E-state index is 13.5. The number of hydrogen-bond donors (Lipinski definition) is 1. The second kappa shape index (κ2) is 5.56. The standard InChI is InChI=1S/C12H11F2NO3/c1-2-18-11(17)12(13,14)10(16)9-5-3-8(7-15)4-6-9/h3-6,10,16H,2H2,1H3/t10-/m0/s1. The first kappa shape index (κ1) is 14.1. The minimum Gasteiger partial charge on any atom is -0.461 e. The minimum absolute atomic E-state index is 0.160. The largest absolute Gasteiger partial charge is 0.461 e. The molecule has 1 aromatic rings. The summed E-state index contributed by atoms with van der Waals surface area (Å²) in [7, 11) is 0. The van der Waals surface area contributed by atoms with Gasteiger partial charge in [0.15, 0.2) is 6.10 Å². The summed E-state index contributed by atoms with van der Waals surface area (Å²) in [6.07, 6.45) is -2.30. The molecule has 4 nitrogen and oxygen atoms in total. The fraction of sp³-hybridized carbons (Fsp3) is 0.333. The van der Waals surface area contributed by atoms with Gasteiger partial charge < -0.3 is 9.84 Å². The summed E-state index contributed by atoms with van der Waals surface area (Å²) in [6, 6.07) is 6.70. The summed E-state index contributed by atoms with van der Waals surface area (Å²) < 4.78 is 31.1. The van der Waals surface area contributed by atoms with Gasteiger partial charge in [0.1, 0.15) is 0 Å². The molecule has 0 fully saturated rings. The molecule has 18 heavy (non-hydrogen) atoms. The van der Waals surface area contributed by atoms with Crippen molar-refractivity contribution in [3.63, 3.8) is 0 Å². The zero-order chi connectivity index (χ0) is 13.8. The summed E-state index contributed by atoms with van der Waals surface area (Å²) in [5.74, 6) is -5.80. The Kier molecular flexibility index (Phi) is 4.34. The predicted octanol–water partition coefficient (Wildman–Crippen LogP) is 1.79. The lowest BCUT2D eigenvalue weighted by atomic mass is 10.0. The van der Waals surface area contributed by atoms with Crippen molar-refractivity contribution in [1.29, 1.82) is 5.26 Å². The van der Waals surface area contributed by atoms with Crippen molar-refractivity contribution >= 4 is 5.97 Å². The number of rotatable bonds is 4. The number of carbonyl (C=O) groups excluding carboxylic acids is 1. The Hall–Kier alpha value is -2.00. The molecule has 96 valence electrons. The van der Waals surface area contributed by atoms with E-state index < -0.39 is 18.0 Å². The van der Waals surface area contributed by atoms with Gasteiger partial charge in [0.2, 0.25) is 0 Å². The van der Waals surface area contributed by atoms with Gasteiger partial charge >= 0.3 is 11.9 Å². The zero-order valence-electron chi connectivity index (χ0n) is 9.56. The summed E-state index contributed by atoms with van der Waals surface area (Å²) in [5.41, 5.74) is 0.109. The van der Waals surface area contributed by atoms with Crippen molar-refractivity contribution in [3.8, 4) is 6.07 Å². The van der Waals surface area contributed by atoms with Crippen molar-refractivity contribution in [2.75, 3.05) is 6.61 Å². The Morgan fingerprint density at radius 3 is 2.50 bits per heavy atom. The maximum atomic E-state index is 13.5. The lowest BCUT2D eigenvalue weighted by Crippen LogP contribution is -2.37. The van der Waals surface area contributed by atoms with Crippen LogP contribution in [0.3, 0.4) is 0 Å². The van der Waals surface area contributed by atoms with Gasteiger partial charge in [0.05, 0.1) is 18.2 Å². The first-order valence-corrected chi connectivity index (χ1v) is 5.16. The van der Waals surface area contributed by atoms with Crippen molar-refractivity contribution in [3.05, 3.63) is 35.4 Å². The first-order chi connectivity index (χ1) is 8.43. The van der Waals surface area contributed by atoms with E-state index in [-0.39, 0.29) is 17.7 Å². The Balaban J connectivity index is 2.94. The smallest absolute Gasteiger partial charge is 0.380 e. The number of ether oxygens (including phenoxy) is 1. The van der Waals surface area contributed by atoms with Gasteiger partial charge in [-0.2, -0.15) is 14.0 Å². The van der Waals surface area contributed by atoms with Crippen LogP contribution in [0, 0.1) is 11.3 Å². The summed E-state index contributed by atoms with van der Waals surface area (Å²) >= 11 is 0. The number of carbonyl (C=O) groups is 1. The molecule has 0 aliphatic carbocycles. The van der Waals surface area contributed by atoms with Crippen LogP contribution in [0.1, 0.15) is 24.2 Å². The van der Waals surface area contributed by atoms with Gasteiger partial charge in [-0.1, -0.05) is 12.1 Å². The zero-order valence-corrected chi connectivity index (χ0v) is 9.56. The molecule has 1 N–H and O–H groups in total. The molecule has 0 aliphatic rings. The Morgan fingerprint density at radius 1 is 1.50 bits per heavy atom. The van der Waals surface area contributed by atoms with E-state index >= 15 is 0 Å². The van der Waals surface area contributed by atoms with Gasteiger partial charge in [-0.05, 0) is 24.6 Å². The molecule has 0 unspecified atom stereocenters. The molecule has 0 amide bonds. The van der Waals surface area contributed by atoms with Crippen molar-refractivity contribution in [2.45, 2.75) is 19.0 Å². The van der Waals surface area contributed by atoms with Crippen LogP contribution in [-0.4, -0.2) is 23.6 Å². The predicted molar refractivity (Wildman–Crippen MR) is 57.7 cm³/mol. The Labute approximate surface area is 102 Å². The van der Waals surface area contributed by atoms with E-state index in [0.29, 0.717) is 0 Å². The van der Waals surface area contributed by atoms with Gasteiger partial charge in [-0.3, -0.25) is 0 Å². The molecule has 0 saturated carbocycles. The van der Waals surface area contributed by atoms with E-state index in [1.165, 1.54) is 19.1 Å². The minimum atomic E-state index is -4.02. The molecule has 0 bridgehead atoms. The highest BCUT2D eigenvalue weighted by atomic mass is 19.3. The number of esters is 1. The van der Waals surface area contributed by atoms with Gasteiger partial charge in [0, 0.05) is 0 Å². The van der Waals surface area contributed by atoms with Crippen molar-refractivity contribution in [1.82, 2.24) is 0 Å². The van der Waals surface area contributed by atoms with Crippen LogP contribution in [-0.2, 0) is 9.53 Å². The molecule has 0 spiro atoms. The lowest BCUT2D eigenvalue weighted by Gasteiger charge is -2.20. The number of nitriles is 1. The first-order valence-electron chi connectivity index (χ1n) is 5.16. The van der Waals surface area contributed by atoms with E-state index in [9.17, 15) is 18.7 Å². The Morgan fingerprint density at radius 2 is 2.06 bits per heavy atom. The number of benzene rings is 1.